The lowest BCUT2D eigenvalue weighted by Crippen LogP contribution is -2.13. The zero-order chi connectivity index (χ0) is 19.3. The van der Waals surface area contributed by atoms with Crippen molar-refractivity contribution in [3.8, 4) is 0 Å². The van der Waals surface area contributed by atoms with Crippen LogP contribution in [-0.4, -0.2) is 16.1 Å². The standard InChI is InChI=1S/C23H19N3OS/c1-16-9-11-18(12-10-16)23(27)24-21-13-14-22(26-25-21)28-15-19-7-4-6-17-5-2-3-8-20(17)19/h2-14H,15H2,1H3,(H,24,25,27). The fraction of sp³-hybridized carbons (Fsp3) is 0.0870. The zero-order valence-corrected chi connectivity index (χ0v) is 16.2. The Labute approximate surface area is 168 Å². The average Bonchev–Trinajstić information content (AvgIpc) is 2.73. The molecule has 4 nitrogen and oxygen atoms in total. The molecule has 0 spiro atoms. The largest absolute Gasteiger partial charge is 0.305 e. The van der Waals surface area contributed by atoms with Gasteiger partial charge in [0, 0.05) is 11.3 Å². The number of anilines is 1. The molecule has 1 N–H and O–H groups in total. The molecule has 1 heterocycles. The van der Waals surface area contributed by atoms with Gasteiger partial charge in [0.05, 0.1) is 0 Å². The van der Waals surface area contributed by atoms with Crippen LogP contribution in [0.4, 0.5) is 5.82 Å². The number of hydrogen-bond acceptors (Lipinski definition) is 4. The molecular formula is C23H19N3OS. The lowest BCUT2D eigenvalue weighted by atomic mass is 10.1. The summed E-state index contributed by atoms with van der Waals surface area (Å²) in [5.74, 6) is 1.07. The van der Waals surface area contributed by atoms with Gasteiger partial charge in [-0.1, -0.05) is 71.9 Å². The lowest BCUT2D eigenvalue weighted by molar-refractivity contribution is 0.102. The van der Waals surface area contributed by atoms with Crippen LogP contribution in [0.2, 0.25) is 0 Å². The van der Waals surface area contributed by atoms with Crippen molar-refractivity contribution in [3.63, 3.8) is 0 Å². The SMILES string of the molecule is Cc1ccc(C(=O)Nc2ccc(SCc3cccc4ccccc34)nn2)cc1. The van der Waals surface area contributed by atoms with E-state index in [0.717, 1.165) is 16.3 Å². The van der Waals surface area contributed by atoms with Crippen LogP contribution in [0.25, 0.3) is 10.8 Å². The highest BCUT2D eigenvalue weighted by atomic mass is 32.2. The molecule has 4 rings (SSSR count). The maximum atomic E-state index is 12.3. The Balaban J connectivity index is 1.40. The molecule has 0 aliphatic heterocycles. The number of carbonyl (C=O) groups excluding carboxylic acids is 1. The third-order valence-electron chi connectivity index (χ3n) is 4.45. The van der Waals surface area contributed by atoms with Crippen molar-refractivity contribution in [2.45, 2.75) is 17.7 Å². The molecule has 0 saturated carbocycles. The van der Waals surface area contributed by atoms with Crippen molar-refractivity contribution in [1.29, 1.82) is 0 Å². The van der Waals surface area contributed by atoms with E-state index in [1.54, 1.807) is 30.0 Å². The van der Waals surface area contributed by atoms with Gasteiger partial charge < -0.3 is 5.32 Å². The number of nitrogens with one attached hydrogen (secondary N) is 1. The minimum Gasteiger partial charge on any atom is -0.305 e. The maximum Gasteiger partial charge on any atom is 0.256 e. The summed E-state index contributed by atoms with van der Waals surface area (Å²) >= 11 is 1.63. The molecule has 0 aliphatic carbocycles. The summed E-state index contributed by atoms with van der Waals surface area (Å²) in [4.78, 5) is 12.3. The van der Waals surface area contributed by atoms with Gasteiger partial charge in [0.2, 0.25) is 0 Å². The molecule has 1 amide bonds. The van der Waals surface area contributed by atoms with Crippen LogP contribution in [-0.2, 0) is 5.75 Å². The Morgan fingerprint density at radius 2 is 1.68 bits per heavy atom. The van der Waals surface area contributed by atoms with Crippen molar-refractivity contribution in [3.05, 3.63) is 95.6 Å². The number of aromatic nitrogens is 2. The van der Waals surface area contributed by atoms with Gasteiger partial charge >= 0.3 is 0 Å². The van der Waals surface area contributed by atoms with Gasteiger partial charge in [-0.05, 0) is 47.5 Å². The van der Waals surface area contributed by atoms with Gasteiger partial charge in [-0.15, -0.1) is 10.2 Å². The minimum atomic E-state index is -0.189. The fourth-order valence-corrected chi connectivity index (χ4v) is 3.75. The molecule has 5 heteroatoms. The van der Waals surface area contributed by atoms with Crippen molar-refractivity contribution in [2.24, 2.45) is 0 Å². The third-order valence-corrected chi connectivity index (χ3v) is 5.42. The third kappa shape index (κ3) is 4.21. The Hall–Kier alpha value is -3.18. The number of aryl methyl sites for hydroxylation is 1. The number of benzene rings is 3. The summed E-state index contributed by atoms with van der Waals surface area (Å²) in [5, 5.41) is 14.5. The molecule has 0 fully saturated rings. The van der Waals surface area contributed by atoms with Gasteiger partial charge in [-0.3, -0.25) is 4.79 Å². The first kappa shape index (κ1) is 18.2. The van der Waals surface area contributed by atoms with Crippen LogP contribution in [0.5, 0.6) is 0 Å². The molecule has 0 atom stereocenters. The van der Waals surface area contributed by atoms with Crippen molar-refractivity contribution >= 4 is 34.3 Å². The van der Waals surface area contributed by atoms with Crippen LogP contribution < -0.4 is 5.32 Å². The Morgan fingerprint density at radius 3 is 2.46 bits per heavy atom. The van der Waals surface area contributed by atoms with Gasteiger partial charge in [0.15, 0.2) is 5.82 Å². The summed E-state index contributed by atoms with van der Waals surface area (Å²) < 4.78 is 0. The van der Waals surface area contributed by atoms with Crippen molar-refractivity contribution in [2.75, 3.05) is 5.32 Å². The summed E-state index contributed by atoms with van der Waals surface area (Å²) in [5.41, 5.74) is 2.98. The maximum absolute atomic E-state index is 12.3. The average molecular weight is 385 g/mol. The van der Waals surface area contributed by atoms with E-state index in [0.29, 0.717) is 11.4 Å². The number of fused-ring (bicyclic) bond motifs is 1. The predicted molar refractivity (Wildman–Crippen MR) is 115 cm³/mol. The first-order valence-electron chi connectivity index (χ1n) is 9.00. The predicted octanol–water partition coefficient (Wildman–Crippen LogP) is 5.48. The van der Waals surface area contributed by atoms with E-state index >= 15 is 0 Å². The van der Waals surface area contributed by atoms with Crippen LogP contribution >= 0.6 is 11.8 Å². The highest BCUT2D eigenvalue weighted by Gasteiger charge is 2.08. The molecule has 0 saturated heterocycles. The number of hydrogen-bond donors (Lipinski definition) is 1. The van der Waals surface area contributed by atoms with Crippen LogP contribution in [0.1, 0.15) is 21.5 Å². The molecule has 138 valence electrons. The summed E-state index contributed by atoms with van der Waals surface area (Å²) in [6.45, 7) is 1.99. The van der Waals surface area contributed by atoms with E-state index in [9.17, 15) is 4.79 Å². The molecular weight excluding hydrogens is 366 g/mol. The van der Waals surface area contributed by atoms with E-state index in [4.69, 9.17) is 0 Å². The Bertz CT molecular complexity index is 1100. The number of carbonyl (C=O) groups is 1. The van der Waals surface area contributed by atoms with E-state index in [-0.39, 0.29) is 5.91 Å². The molecule has 28 heavy (non-hydrogen) atoms. The molecule has 0 radical (unpaired) electrons. The second-order valence-electron chi connectivity index (χ2n) is 6.50. The van der Waals surface area contributed by atoms with Crippen LogP contribution in [0.15, 0.2) is 83.9 Å². The Kier molecular flexibility index (Phi) is 5.35. The summed E-state index contributed by atoms with van der Waals surface area (Å²) in [6, 6.07) is 25.8. The molecule has 0 unspecified atom stereocenters. The Morgan fingerprint density at radius 1 is 0.893 bits per heavy atom. The fourth-order valence-electron chi connectivity index (χ4n) is 2.93. The smallest absolute Gasteiger partial charge is 0.256 e. The van der Waals surface area contributed by atoms with Crippen LogP contribution in [0.3, 0.4) is 0 Å². The quantitative estimate of drug-likeness (QED) is 0.462. The molecule has 0 bridgehead atoms. The first-order valence-corrected chi connectivity index (χ1v) is 9.99. The van der Waals surface area contributed by atoms with Crippen molar-refractivity contribution in [1.82, 2.24) is 10.2 Å². The van der Waals surface area contributed by atoms with Crippen molar-refractivity contribution < 1.29 is 4.79 Å². The first-order chi connectivity index (χ1) is 13.7. The van der Waals surface area contributed by atoms with E-state index < -0.39 is 0 Å². The number of nitrogens with zero attached hydrogens (tertiary/aromatic N) is 2. The van der Waals surface area contributed by atoms with Gasteiger partial charge in [-0.2, -0.15) is 0 Å². The van der Waals surface area contributed by atoms with Gasteiger partial charge in [0.1, 0.15) is 5.03 Å². The molecule has 4 aromatic rings. The number of rotatable bonds is 5. The lowest BCUT2D eigenvalue weighted by Gasteiger charge is -2.07. The van der Waals surface area contributed by atoms with E-state index in [2.05, 4.69) is 51.9 Å². The second kappa shape index (κ2) is 8.23. The molecule has 0 aliphatic rings. The highest BCUT2D eigenvalue weighted by molar-refractivity contribution is 7.98. The monoisotopic (exact) mass is 385 g/mol. The van der Waals surface area contributed by atoms with Gasteiger partial charge in [-0.25, -0.2) is 0 Å². The van der Waals surface area contributed by atoms with E-state index in [1.807, 2.05) is 31.2 Å². The topological polar surface area (TPSA) is 54.9 Å². The minimum absolute atomic E-state index is 0.189. The number of thioether (sulfide) groups is 1. The van der Waals surface area contributed by atoms with Crippen LogP contribution in [0, 0.1) is 6.92 Å². The molecule has 3 aromatic carbocycles. The van der Waals surface area contributed by atoms with E-state index in [1.165, 1.54) is 16.3 Å². The second-order valence-corrected chi connectivity index (χ2v) is 7.50. The normalized spacial score (nSPS) is 10.8. The summed E-state index contributed by atoms with van der Waals surface area (Å²) in [6.07, 6.45) is 0. The summed E-state index contributed by atoms with van der Waals surface area (Å²) in [7, 11) is 0. The number of amides is 1. The van der Waals surface area contributed by atoms with Gasteiger partial charge in [0.25, 0.3) is 5.91 Å². The zero-order valence-electron chi connectivity index (χ0n) is 15.4. The molecule has 1 aromatic heterocycles. The highest BCUT2D eigenvalue weighted by Crippen LogP contribution is 2.26.